The van der Waals surface area contributed by atoms with E-state index < -0.39 is 18.0 Å². The van der Waals surface area contributed by atoms with E-state index in [0.717, 1.165) is 0 Å². The molecule has 1 saturated heterocycles. The SMILES string of the molecule is C[C@@H](O)C1C(=O)N2C(C(=O)O)=C(c3ccc(C(=O)N(C)C)s3)CC12. The lowest BCUT2D eigenvalue weighted by molar-refractivity contribution is -0.161. The lowest BCUT2D eigenvalue weighted by atomic mass is 9.83. The molecule has 2 aliphatic heterocycles. The van der Waals surface area contributed by atoms with Crippen LogP contribution in [-0.2, 0) is 9.59 Å². The number of hydrogen-bond acceptors (Lipinski definition) is 5. The second kappa shape index (κ2) is 5.71. The maximum atomic E-state index is 12.2. The van der Waals surface area contributed by atoms with Gasteiger partial charge in [-0.1, -0.05) is 0 Å². The maximum absolute atomic E-state index is 12.2. The van der Waals surface area contributed by atoms with Crippen molar-refractivity contribution in [2.24, 2.45) is 5.92 Å². The molecular formula is C16H18N2O5S. The summed E-state index contributed by atoms with van der Waals surface area (Å²) in [6.07, 6.45) is -0.443. The highest BCUT2D eigenvalue weighted by Gasteiger charge is 2.56. The third-order valence-corrected chi connectivity index (χ3v) is 5.58. The highest BCUT2D eigenvalue weighted by Crippen LogP contribution is 2.48. The van der Waals surface area contributed by atoms with Gasteiger partial charge in [0.15, 0.2) is 0 Å². The number of carboxylic acids is 1. The van der Waals surface area contributed by atoms with Gasteiger partial charge in [-0.2, -0.15) is 0 Å². The highest BCUT2D eigenvalue weighted by atomic mass is 32.1. The predicted molar refractivity (Wildman–Crippen MR) is 87.3 cm³/mol. The second-order valence-electron chi connectivity index (χ2n) is 6.24. The summed E-state index contributed by atoms with van der Waals surface area (Å²) in [5, 5.41) is 19.3. The molecule has 3 atom stereocenters. The summed E-state index contributed by atoms with van der Waals surface area (Å²) in [6, 6.07) is 3.06. The number of amides is 2. The Morgan fingerprint density at radius 1 is 1.38 bits per heavy atom. The number of nitrogens with zero attached hydrogens (tertiary/aromatic N) is 2. The van der Waals surface area contributed by atoms with Crippen LogP contribution in [0.3, 0.4) is 0 Å². The molecule has 2 amide bonds. The molecule has 24 heavy (non-hydrogen) atoms. The minimum absolute atomic E-state index is 0.0346. The molecule has 0 aliphatic carbocycles. The van der Waals surface area contributed by atoms with Crippen molar-refractivity contribution in [1.29, 1.82) is 0 Å². The molecule has 2 unspecified atom stereocenters. The average molecular weight is 350 g/mol. The number of carbonyl (C=O) groups is 3. The number of carbonyl (C=O) groups excluding carboxylic acids is 2. The maximum Gasteiger partial charge on any atom is 0.352 e. The molecule has 1 fully saturated rings. The summed E-state index contributed by atoms with van der Waals surface area (Å²) in [5.74, 6) is -2.25. The van der Waals surface area contributed by atoms with E-state index in [0.29, 0.717) is 21.7 Å². The van der Waals surface area contributed by atoms with Crippen LogP contribution in [0.15, 0.2) is 17.8 Å². The first kappa shape index (κ1) is 16.7. The predicted octanol–water partition coefficient (Wildman–Crippen LogP) is 0.857. The van der Waals surface area contributed by atoms with Crippen LogP contribution in [0.1, 0.15) is 27.9 Å². The van der Waals surface area contributed by atoms with Gasteiger partial charge in [0.1, 0.15) is 5.70 Å². The van der Waals surface area contributed by atoms with Crippen molar-refractivity contribution in [2.45, 2.75) is 25.5 Å². The summed E-state index contributed by atoms with van der Waals surface area (Å²) >= 11 is 1.22. The molecule has 3 heterocycles. The molecule has 8 heteroatoms. The zero-order valence-electron chi connectivity index (χ0n) is 13.5. The van der Waals surface area contributed by atoms with Gasteiger partial charge in [0, 0.05) is 24.5 Å². The molecule has 1 aromatic heterocycles. The molecule has 0 radical (unpaired) electrons. The number of aliphatic hydroxyl groups is 1. The second-order valence-corrected chi connectivity index (χ2v) is 7.33. The molecule has 0 aromatic carbocycles. The fraction of sp³-hybridized carbons (Fsp3) is 0.438. The molecule has 3 rings (SSSR count). The van der Waals surface area contributed by atoms with Crippen molar-refractivity contribution in [3.63, 3.8) is 0 Å². The molecule has 0 spiro atoms. The largest absolute Gasteiger partial charge is 0.477 e. The fourth-order valence-corrected chi connectivity index (χ4v) is 4.41. The first-order chi connectivity index (χ1) is 11.2. The minimum Gasteiger partial charge on any atom is -0.477 e. The normalized spacial score (nSPS) is 23.8. The van der Waals surface area contributed by atoms with Crippen LogP contribution in [0.5, 0.6) is 0 Å². The van der Waals surface area contributed by atoms with Gasteiger partial charge < -0.3 is 20.0 Å². The van der Waals surface area contributed by atoms with Crippen LogP contribution < -0.4 is 0 Å². The van der Waals surface area contributed by atoms with Gasteiger partial charge in [0.25, 0.3) is 5.91 Å². The van der Waals surface area contributed by atoms with Crippen LogP contribution in [0, 0.1) is 5.92 Å². The zero-order chi connectivity index (χ0) is 17.8. The van der Waals surface area contributed by atoms with Crippen molar-refractivity contribution in [3.05, 3.63) is 27.6 Å². The van der Waals surface area contributed by atoms with Crippen molar-refractivity contribution in [3.8, 4) is 0 Å². The summed E-state index contributed by atoms with van der Waals surface area (Å²) in [7, 11) is 3.30. The van der Waals surface area contributed by atoms with Gasteiger partial charge >= 0.3 is 5.97 Å². The van der Waals surface area contributed by atoms with E-state index >= 15 is 0 Å². The standard InChI is InChI=1S/C16H18N2O5S/c1-7(19)12-9-6-8(13(16(22)23)18(9)15(12)21)10-4-5-11(24-10)14(20)17(2)3/h4-5,7,9,12,19H,6H2,1-3H3,(H,22,23)/t7-,9?,12?/m1/s1. The Labute approximate surface area is 142 Å². The molecule has 7 nitrogen and oxygen atoms in total. The average Bonchev–Trinajstić information content (AvgIpc) is 3.07. The van der Waals surface area contributed by atoms with E-state index in [2.05, 4.69) is 0 Å². The van der Waals surface area contributed by atoms with Gasteiger partial charge in [-0.15, -0.1) is 11.3 Å². The lowest BCUT2D eigenvalue weighted by Crippen LogP contribution is -2.61. The molecule has 2 aliphatic rings. The summed E-state index contributed by atoms with van der Waals surface area (Å²) in [6.45, 7) is 1.54. The van der Waals surface area contributed by atoms with Gasteiger partial charge in [-0.25, -0.2) is 4.79 Å². The number of β-lactam (4-membered cyclic amide) rings is 1. The Hall–Kier alpha value is -2.19. The van der Waals surface area contributed by atoms with Gasteiger partial charge in [0.2, 0.25) is 5.91 Å². The zero-order valence-corrected chi connectivity index (χ0v) is 14.3. The topological polar surface area (TPSA) is 98.1 Å². The smallest absolute Gasteiger partial charge is 0.352 e. The molecule has 128 valence electrons. The van der Waals surface area contributed by atoms with E-state index in [1.54, 1.807) is 26.2 Å². The Bertz CT molecular complexity index is 764. The van der Waals surface area contributed by atoms with Crippen molar-refractivity contribution in [1.82, 2.24) is 9.80 Å². The van der Waals surface area contributed by atoms with Crippen LogP contribution in [-0.4, -0.2) is 64.0 Å². The molecule has 0 saturated carbocycles. The summed E-state index contributed by atoms with van der Waals surface area (Å²) in [5.41, 5.74) is 0.513. The van der Waals surface area contributed by atoms with Gasteiger partial charge in [0.05, 0.1) is 22.9 Å². The first-order valence-electron chi connectivity index (χ1n) is 7.53. The number of aliphatic carboxylic acids is 1. The molecule has 0 bridgehead atoms. The molecule has 1 aromatic rings. The Kier molecular flexibility index (Phi) is 3.97. The third kappa shape index (κ3) is 2.33. The first-order valence-corrected chi connectivity index (χ1v) is 8.35. The van der Waals surface area contributed by atoms with Crippen LogP contribution in [0.2, 0.25) is 0 Å². The van der Waals surface area contributed by atoms with Gasteiger partial charge in [-0.05, 0) is 25.5 Å². The van der Waals surface area contributed by atoms with E-state index in [9.17, 15) is 24.6 Å². The van der Waals surface area contributed by atoms with E-state index in [1.165, 1.54) is 28.1 Å². The number of rotatable bonds is 4. The van der Waals surface area contributed by atoms with Crippen LogP contribution in [0.4, 0.5) is 0 Å². The number of carboxylic acid groups (broad SMARTS) is 1. The van der Waals surface area contributed by atoms with Crippen molar-refractivity contribution < 1.29 is 24.6 Å². The Morgan fingerprint density at radius 3 is 2.58 bits per heavy atom. The van der Waals surface area contributed by atoms with Crippen molar-refractivity contribution >= 4 is 34.7 Å². The fourth-order valence-electron chi connectivity index (χ4n) is 3.33. The molecule has 2 N–H and O–H groups in total. The third-order valence-electron chi connectivity index (χ3n) is 4.45. The monoisotopic (exact) mass is 350 g/mol. The Balaban J connectivity index is 1.97. The van der Waals surface area contributed by atoms with Gasteiger partial charge in [-0.3, -0.25) is 9.59 Å². The number of aliphatic hydroxyl groups excluding tert-OH is 1. The minimum atomic E-state index is -1.17. The van der Waals surface area contributed by atoms with E-state index in [4.69, 9.17) is 0 Å². The lowest BCUT2D eigenvalue weighted by Gasteiger charge is -2.44. The number of hydrogen-bond donors (Lipinski definition) is 2. The quantitative estimate of drug-likeness (QED) is 0.785. The van der Waals surface area contributed by atoms with E-state index in [1.807, 2.05) is 0 Å². The number of thiophene rings is 1. The summed E-state index contributed by atoms with van der Waals surface area (Å²) in [4.78, 5) is 39.8. The van der Waals surface area contributed by atoms with Crippen LogP contribution in [0.25, 0.3) is 5.57 Å². The Morgan fingerprint density at radius 2 is 2.04 bits per heavy atom. The highest BCUT2D eigenvalue weighted by molar-refractivity contribution is 7.15. The number of fused-ring (bicyclic) bond motifs is 1. The van der Waals surface area contributed by atoms with Crippen molar-refractivity contribution in [2.75, 3.05) is 14.1 Å². The van der Waals surface area contributed by atoms with E-state index in [-0.39, 0.29) is 23.6 Å². The molecular weight excluding hydrogens is 332 g/mol. The summed E-state index contributed by atoms with van der Waals surface area (Å²) < 4.78 is 0. The van der Waals surface area contributed by atoms with Crippen LogP contribution >= 0.6 is 11.3 Å².